The second kappa shape index (κ2) is 3.50. The molecule has 0 spiro atoms. The van der Waals surface area contributed by atoms with Crippen molar-refractivity contribution in [3.05, 3.63) is 17.8 Å². The first kappa shape index (κ1) is 8.75. The number of oxazole rings is 1. The van der Waals surface area contributed by atoms with E-state index in [1.54, 1.807) is 0 Å². The van der Waals surface area contributed by atoms with Gasteiger partial charge in [-0.3, -0.25) is 0 Å². The van der Waals surface area contributed by atoms with Gasteiger partial charge in [0.25, 0.3) is 0 Å². The van der Waals surface area contributed by atoms with Gasteiger partial charge < -0.3 is 10.2 Å². The van der Waals surface area contributed by atoms with Crippen LogP contribution in [0.1, 0.15) is 43.8 Å². The minimum Gasteiger partial charge on any atom is -0.444 e. The van der Waals surface area contributed by atoms with Gasteiger partial charge in [-0.25, -0.2) is 4.98 Å². The summed E-state index contributed by atoms with van der Waals surface area (Å²) in [7, 11) is 0. The third kappa shape index (κ3) is 1.61. The van der Waals surface area contributed by atoms with Crippen LogP contribution in [0.5, 0.6) is 0 Å². The molecule has 2 unspecified atom stereocenters. The molecule has 2 rings (SSSR count). The van der Waals surface area contributed by atoms with Crippen molar-refractivity contribution in [2.75, 3.05) is 0 Å². The summed E-state index contributed by atoms with van der Waals surface area (Å²) < 4.78 is 5.55. The maximum absolute atomic E-state index is 5.55. The molecule has 3 heteroatoms. The first-order valence-corrected chi connectivity index (χ1v) is 4.96. The lowest BCUT2D eigenvalue weighted by molar-refractivity contribution is 0.390. The molecule has 2 N–H and O–H groups in total. The Morgan fingerprint density at radius 3 is 3.00 bits per heavy atom. The molecular weight excluding hydrogens is 164 g/mol. The Kier molecular flexibility index (Phi) is 2.36. The van der Waals surface area contributed by atoms with Crippen molar-refractivity contribution in [1.29, 1.82) is 0 Å². The van der Waals surface area contributed by atoms with Crippen molar-refractivity contribution in [2.24, 2.45) is 11.7 Å². The minimum atomic E-state index is 0.404. The fraction of sp³-hybridized carbons (Fsp3) is 0.700. The molecule has 0 amide bonds. The summed E-state index contributed by atoms with van der Waals surface area (Å²) in [5.74, 6) is 3.01. The highest BCUT2D eigenvalue weighted by molar-refractivity contribution is 5.05. The second-order valence-corrected chi connectivity index (χ2v) is 3.88. The smallest absolute Gasteiger partial charge is 0.208 e. The zero-order valence-corrected chi connectivity index (χ0v) is 7.99. The number of nitrogens with zero attached hydrogens (tertiary/aromatic N) is 1. The topological polar surface area (TPSA) is 52.0 Å². The summed E-state index contributed by atoms with van der Waals surface area (Å²) in [6, 6.07) is 0. The molecule has 0 radical (unpaired) electrons. The maximum Gasteiger partial charge on any atom is 0.208 e. The zero-order chi connectivity index (χ0) is 9.26. The molecule has 1 aromatic heterocycles. The van der Waals surface area contributed by atoms with Crippen LogP contribution in [0.25, 0.3) is 0 Å². The monoisotopic (exact) mass is 180 g/mol. The summed E-state index contributed by atoms with van der Waals surface area (Å²) in [5, 5.41) is 0. The number of nitrogens with two attached hydrogens (primary N) is 1. The van der Waals surface area contributed by atoms with Gasteiger partial charge in [0.1, 0.15) is 5.76 Å². The molecule has 0 bridgehead atoms. The van der Waals surface area contributed by atoms with E-state index in [0.29, 0.717) is 18.4 Å². The van der Waals surface area contributed by atoms with Crippen LogP contribution in [0.4, 0.5) is 0 Å². The van der Waals surface area contributed by atoms with Gasteiger partial charge in [0.05, 0.1) is 12.7 Å². The van der Waals surface area contributed by atoms with Crippen LogP contribution in [-0.4, -0.2) is 4.98 Å². The van der Waals surface area contributed by atoms with Crippen molar-refractivity contribution in [3.8, 4) is 0 Å². The van der Waals surface area contributed by atoms with Crippen molar-refractivity contribution < 1.29 is 4.42 Å². The van der Waals surface area contributed by atoms with Gasteiger partial charge in [0, 0.05) is 5.92 Å². The average molecular weight is 180 g/mol. The summed E-state index contributed by atoms with van der Waals surface area (Å²) in [5.41, 5.74) is 5.44. The highest BCUT2D eigenvalue weighted by Gasteiger charge is 2.27. The molecule has 1 saturated carbocycles. The van der Waals surface area contributed by atoms with E-state index in [2.05, 4.69) is 11.9 Å². The highest BCUT2D eigenvalue weighted by Crippen LogP contribution is 2.39. The van der Waals surface area contributed by atoms with Gasteiger partial charge in [-0.15, -0.1) is 0 Å². The van der Waals surface area contributed by atoms with Crippen molar-refractivity contribution in [1.82, 2.24) is 4.98 Å². The van der Waals surface area contributed by atoms with Crippen molar-refractivity contribution >= 4 is 0 Å². The first-order chi connectivity index (χ1) is 6.31. The van der Waals surface area contributed by atoms with E-state index in [0.717, 1.165) is 11.7 Å². The van der Waals surface area contributed by atoms with E-state index < -0.39 is 0 Å². The standard InChI is InChI=1S/C10H16N2O/c1-7-3-2-4-8(7)9-6-12-10(5-11)13-9/h6-8H,2-5,11H2,1H3. The molecule has 1 aromatic rings. The molecule has 13 heavy (non-hydrogen) atoms. The lowest BCUT2D eigenvalue weighted by atomic mass is 9.96. The van der Waals surface area contributed by atoms with E-state index in [4.69, 9.17) is 10.2 Å². The van der Waals surface area contributed by atoms with Crippen LogP contribution in [0.2, 0.25) is 0 Å². The maximum atomic E-state index is 5.55. The predicted octanol–water partition coefficient (Wildman–Crippen LogP) is 2.04. The normalized spacial score (nSPS) is 28.2. The number of rotatable bonds is 2. The second-order valence-electron chi connectivity index (χ2n) is 3.88. The molecule has 1 aliphatic carbocycles. The van der Waals surface area contributed by atoms with Crippen LogP contribution in [0.3, 0.4) is 0 Å². The molecule has 2 atom stereocenters. The van der Waals surface area contributed by atoms with E-state index in [-0.39, 0.29) is 0 Å². The molecule has 1 fully saturated rings. The molecular formula is C10H16N2O. The van der Waals surface area contributed by atoms with Crippen LogP contribution < -0.4 is 5.73 Å². The number of aromatic nitrogens is 1. The Labute approximate surface area is 78.3 Å². The molecule has 0 aliphatic heterocycles. The third-order valence-electron chi connectivity index (χ3n) is 2.97. The predicted molar refractivity (Wildman–Crippen MR) is 50.2 cm³/mol. The largest absolute Gasteiger partial charge is 0.444 e. The Balaban J connectivity index is 2.15. The fourth-order valence-corrected chi connectivity index (χ4v) is 2.16. The van der Waals surface area contributed by atoms with E-state index in [1.807, 2.05) is 6.20 Å². The van der Waals surface area contributed by atoms with Crippen LogP contribution in [-0.2, 0) is 6.54 Å². The SMILES string of the molecule is CC1CCCC1c1cnc(CN)o1. The molecule has 0 saturated heterocycles. The van der Waals surface area contributed by atoms with Crippen molar-refractivity contribution in [3.63, 3.8) is 0 Å². The molecule has 72 valence electrons. The van der Waals surface area contributed by atoms with Crippen LogP contribution >= 0.6 is 0 Å². The summed E-state index contributed by atoms with van der Waals surface area (Å²) in [4.78, 5) is 4.12. The number of hydrogen-bond donors (Lipinski definition) is 1. The molecule has 1 aliphatic rings. The van der Waals surface area contributed by atoms with Gasteiger partial charge in [0.2, 0.25) is 5.89 Å². The summed E-state index contributed by atoms with van der Waals surface area (Å²) in [6.07, 6.45) is 5.70. The van der Waals surface area contributed by atoms with Crippen LogP contribution in [0.15, 0.2) is 10.6 Å². The third-order valence-corrected chi connectivity index (χ3v) is 2.97. The lowest BCUT2D eigenvalue weighted by Gasteiger charge is -2.10. The lowest BCUT2D eigenvalue weighted by Crippen LogP contribution is -2.00. The minimum absolute atomic E-state index is 0.404. The summed E-state index contributed by atoms with van der Waals surface area (Å²) in [6.45, 7) is 2.68. The highest BCUT2D eigenvalue weighted by atomic mass is 16.4. The average Bonchev–Trinajstić information content (AvgIpc) is 2.71. The molecule has 0 aromatic carbocycles. The van der Waals surface area contributed by atoms with Gasteiger partial charge in [-0.2, -0.15) is 0 Å². The quantitative estimate of drug-likeness (QED) is 0.757. The Hall–Kier alpha value is -0.830. The fourth-order valence-electron chi connectivity index (χ4n) is 2.16. The summed E-state index contributed by atoms with van der Waals surface area (Å²) >= 11 is 0. The van der Waals surface area contributed by atoms with E-state index in [1.165, 1.54) is 19.3 Å². The molecule has 3 nitrogen and oxygen atoms in total. The van der Waals surface area contributed by atoms with E-state index >= 15 is 0 Å². The Morgan fingerprint density at radius 2 is 2.46 bits per heavy atom. The molecule has 1 heterocycles. The van der Waals surface area contributed by atoms with Crippen molar-refractivity contribution in [2.45, 2.75) is 38.6 Å². The van der Waals surface area contributed by atoms with Gasteiger partial charge in [0.15, 0.2) is 0 Å². The number of hydrogen-bond acceptors (Lipinski definition) is 3. The Bertz CT molecular complexity index is 282. The van der Waals surface area contributed by atoms with E-state index in [9.17, 15) is 0 Å². The Morgan fingerprint density at radius 1 is 1.62 bits per heavy atom. The van der Waals surface area contributed by atoms with Gasteiger partial charge >= 0.3 is 0 Å². The first-order valence-electron chi connectivity index (χ1n) is 4.96. The van der Waals surface area contributed by atoms with Gasteiger partial charge in [-0.1, -0.05) is 13.3 Å². The van der Waals surface area contributed by atoms with Crippen LogP contribution in [0, 0.1) is 5.92 Å². The zero-order valence-electron chi connectivity index (χ0n) is 7.99. The van der Waals surface area contributed by atoms with Gasteiger partial charge in [-0.05, 0) is 18.8 Å².